The molecule has 0 aliphatic carbocycles. The lowest BCUT2D eigenvalue weighted by atomic mass is 10.0. The van der Waals surface area contributed by atoms with Crippen LogP contribution in [0.2, 0.25) is 0 Å². The van der Waals surface area contributed by atoms with Crippen molar-refractivity contribution in [2.45, 2.75) is 4.90 Å². The lowest BCUT2D eigenvalue weighted by Gasteiger charge is -2.03. The van der Waals surface area contributed by atoms with Gasteiger partial charge < -0.3 is 10.1 Å². The third-order valence-electron chi connectivity index (χ3n) is 2.17. The van der Waals surface area contributed by atoms with E-state index in [9.17, 15) is 9.18 Å². The molecular weight excluding hydrogens is 229 g/mol. The summed E-state index contributed by atoms with van der Waals surface area (Å²) in [6.45, 7) is 0. The number of benzene rings is 1. The Morgan fingerprint density at radius 1 is 1.38 bits per heavy atom. The van der Waals surface area contributed by atoms with Gasteiger partial charge in [0.25, 0.3) is 0 Å². The van der Waals surface area contributed by atoms with E-state index in [1.54, 1.807) is 12.3 Å². The Bertz CT molecular complexity index is 551. The van der Waals surface area contributed by atoms with Crippen LogP contribution >= 0.6 is 12.6 Å². The van der Waals surface area contributed by atoms with E-state index in [0.29, 0.717) is 16.2 Å². The molecule has 0 spiro atoms. The number of H-pyrrole nitrogens is 1. The minimum Gasteiger partial charge on any atom is -0.478 e. The Balaban J connectivity index is 2.60. The molecular formula is C11H8FNO2S. The van der Waals surface area contributed by atoms with E-state index in [2.05, 4.69) is 17.6 Å². The number of aromatic amines is 1. The van der Waals surface area contributed by atoms with Crippen LogP contribution in [0.4, 0.5) is 4.39 Å². The molecule has 3 nitrogen and oxygen atoms in total. The quantitative estimate of drug-likeness (QED) is 0.703. The van der Waals surface area contributed by atoms with Gasteiger partial charge in [-0.3, -0.25) is 0 Å². The van der Waals surface area contributed by atoms with E-state index in [0.717, 1.165) is 6.07 Å². The second-order valence-corrected chi connectivity index (χ2v) is 3.78. The lowest BCUT2D eigenvalue weighted by Crippen LogP contribution is -2.00. The maximum Gasteiger partial charge on any atom is 0.336 e. The molecule has 0 saturated carbocycles. The fraction of sp³-hybridized carbons (Fsp3) is 0. The van der Waals surface area contributed by atoms with Gasteiger partial charge in [-0.1, -0.05) is 0 Å². The number of halogens is 1. The van der Waals surface area contributed by atoms with Crippen molar-refractivity contribution in [3.8, 4) is 11.3 Å². The summed E-state index contributed by atoms with van der Waals surface area (Å²) in [5, 5.41) is 8.96. The molecule has 2 rings (SSSR count). The van der Waals surface area contributed by atoms with Crippen LogP contribution in [0.25, 0.3) is 11.3 Å². The molecule has 82 valence electrons. The van der Waals surface area contributed by atoms with Crippen LogP contribution in [-0.4, -0.2) is 16.1 Å². The van der Waals surface area contributed by atoms with Gasteiger partial charge in [0, 0.05) is 22.3 Å². The monoisotopic (exact) mass is 237 g/mol. The minimum atomic E-state index is -1.16. The number of carbonyl (C=O) groups is 1. The maximum atomic E-state index is 12.9. The van der Waals surface area contributed by atoms with Gasteiger partial charge in [-0.25, -0.2) is 9.18 Å². The number of hydrogen-bond acceptors (Lipinski definition) is 2. The summed E-state index contributed by atoms with van der Waals surface area (Å²) in [5.41, 5.74) is 0.965. The van der Waals surface area contributed by atoms with Gasteiger partial charge in [0.2, 0.25) is 0 Å². The normalized spacial score (nSPS) is 10.4. The van der Waals surface area contributed by atoms with Crippen molar-refractivity contribution in [2.24, 2.45) is 0 Å². The van der Waals surface area contributed by atoms with Crippen LogP contribution in [-0.2, 0) is 0 Å². The minimum absolute atomic E-state index is 0.0739. The molecule has 1 heterocycles. The maximum absolute atomic E-state index is 12.9. The predicted octanol–water partition coefficient (Wildman–Crippen LogP) is 2.81. The van der Waals surface area contributed by atoms with Crippen LogP contribution in [0.3, 0.4) is 0 Å². The highest BCUT2D eigenvalue weighted by molar-refractivity contribution is 7.80. The Hall–Kier alpha value is -1.75. The predicted molar refractivity (Wildman–Crippen MR) is 60.4 cm³/mol. The largest absolute Gasteiger partial charge is 0.478 e. The number of thiol groups is 1. The van der Waals surface area contributed by atoms with Gasteiger partial charge in [-0.05, 0) is 24.3 Å². The molecule has 2 aromatic rings. The molecule has 1 aromatic carbocycles. The van der Waals surface area contributed by atoms with Crippen molar-refractivity contribution in [1.82, 2.24) is 4.98 Å². The number of aromatic nitrogens is 1. The molecule has 1 aromatic heterocycles. The van der Waals surface area contributed by atoms with Gasteiger partial charge in [0.15, 0.2) is 0 Å². The van der Waals surface area contributed by atoms with Gasteiger partial charge in [-0.15, -0.1) is 12.6 Å². The van der Waals surface area contributed by atoms with Crippen molar-refractivity contribution in [3.05, 3.63) is 41.8 Å². The highest BCUT2D eigenvalue weighted by Gasteiger charge is 2.13. The van der Waals surface area contributed by atoms with Gasteiger partial charge in [0.1, 0.15) is 5.82 Å². The molecule has 0 saturated heterocycles. The van der Waals surface area contributed by atoms with Gasteiger partial charge >= 0.3 is 5.97 Å². The molecule has 0 radical (unpaired) electrons. The first-order valence-electron chi connectivity index (χ1n) is 4.48. The zero-order valence-electron chi connectivity index (χ0n) is 8.07. The summed E-state index contributed by atoms with van der Waals surface area (Å²) in [6, 6.07) is 5.33. The molecule has 0 aliphatic rings. The lowest BCUT2D eigenvalue weighted by molar-refractivity contribution is 0.0697. The van der Waals surface area contributed by atoms with Gasteiger partial charge in [0.05, 0.1) is 5.56 Å². The third kappa shape index (κ3) is 1.94. The molecule has 5 heteroatoms. The van der Waals surface area contributed by atoms with E-state index < -0.39 is 11.8 Å². The third-order valence-corrected chi connectivity index (χ3v) is 2.43. The smallest absolute Gasteiger partial charge is 0.336 e. The average molecular weight is 237 g/mol. The van der Waals surface area contributed by atoms with Crippen LogP contribution in [0.5, 0.6) is 0 Å². The number of nitrogens with one attached hydrogen (secondary N) is 1. The Morgan fingerprint density at radius 3 is 2.69 bits per heavy atom. The zero-order chi connectivity index (χ0) is 11.7. The van der Waals surface area contributed by atoms with E-state index in [-0.39, 0.29) is 5.56 Å². The number of carboxylic acids is 1. The number of hydrogen-bond donors (Lipinski definition) is 3. The molecule has 0 bridgehead atoms. The number of carboxylic acid groups (broad SMARTS) is 1. The Labute approximate surface area is 96.3 Å². The van der Waals surface area contributed by atoms with E-state index in [4.69, 9.17) is 5.11 Å². The summed E-state index contributed by atoms with van der Waals surface area (Å²) in [6.07, 6.45) is 1.63. The first kappa shape index (κ1) is 10.8. The highest BCUT2D eigenvalue weighted by Crippen LogP contribution is 2.25. The standard InChI is InChI=1S/C11H8FNO2S/c12-6-1-2-8(9(3-6)11(14)15)10-4-7(16)5-13-10/h1-5,13,16H,(H,14,15). The Morgan fingerprint density at radius 2 is 2.12 bits per heavy atom. The summed E-state index contributed by atoms with van der Waals surface area (Å²) in [5.74, 6) is -1.73. The molecule has 0 aliphatic heterocycles. The summed E-state index contributed by atoms with van der Waals surface area (Å²) < 4.78 is 12.9. The molecule has 0 amide bonds. The van der Waals surface area contributed by atoms with Crippen molar-refractivity contribution < 1.29 is 14.3 Å². The molecule has 2 N–H and O–H groups in total. The number of rotatable bonds is 2. The molecule has 0 atom stereocenters. The second kappa shape index (κ2) is 4.02. The fourth-order valence-corrected chi connectivity index (χ4v) is 1.66. The van der Waals surface area contributed by atoms with Crippen molar-refractivity contribution in [2.75, 3.05) is 0 Å². The first-order valence-corrected chi connectivity index (χ1v) is 4.93. The number of aromatic carboxylic acids is 1. The van der Waals surface area contributed by atoms with Crippen LogP contribution in [0.1, 0.15) is 10.4 Å². The summed E-state index contributed by atoms with van der Waals surface area (Å²) >= 11 is 4.11. The SMILES string of the molecule is O=C(O)c1cc(F)ccc1-c1cc(S)c[nH]1. The van der Waals surface area contributed by atoms with Crippen molar-refractivity contribution in [3.63, 3.8) is 0 Å². The van der Waals surface area contributed by atoms with E-state index >= 15 is 0 Å². The summed E-state index contributed by atoms with van der Waals surface area (Å²) in [7, 11) is 0. The molecule has 16 heavy (non-hydrogen) atoms. The van der Waals surface area contributed by atoms with Crippen LogP contribution in [0, 0.1) is 5.82 Å². The van der Waals surface area contributed by atoms with Crippen molar-refractivity contribution in [1.29, 1.82) is 0 Å². The van der Waals surface area contributed by atoms with Crippen LogP contribution < -0.4 is 0 Å². The topological polar surface area (TPSA) is 53.1 Å². The fourth-order valence-electron chi connectivity index (χ4n) is 1.47. The average Bonchev–Trinajstić information content (AvgIpc) is 2.64. The van der Waals surface area contributed by atoms with Gasteiger partial charge in [-0.2, -0.15) is 0 Å². The zero-order valence-corrected chi connectivity index (χ0v) is 8.96. The van der Waals surface area contributed by atoms with Crippen LogP contribution in [0.15, 0.2) is 35.4 Å². The highest BCUT2D eigenvalue weighted by atomic mass is 32.1. The van der Waals surface area contributed by atoms with Crippen molar-refractivity contribution >= 4 is 18.6 Å². The molecule has 0 fully saturated rings. The van der Waals surface area contributed by atoms with E-state index in [1.807, 2.05) is 0 Å². The Kier molecular flexibility index (Phi) is 2.70. The second-order valence-electron chi connectivity index (χ2n) is 3.27. The van der Waals surface area contributed by atoms with E-state index in [1.165, 1.54) is 12.1 Å². The molecule has 0 unspecified atom stereocenters. The first-order chi connectivity index (χ1) is 7.58. The summed E-state index contributed by atoms with van der Waals surface area (Å²) in [4.78, 5) is 14.5.